The minimum absolute atomic E-state index is 0. The van der Waals surface area contributed by atoms with Crippen molar-refractivity contribution in [2.75, 3.05) is 13.1 Å². The third-order valence-corrected chi connectivity index (χ3v) is 2.78. The Morgan fingerprint density at radius 3 is 2.32 bits per heavy atom. The van der Waals surface area contributed by atoms with Gasteiger partial charge in [-0.1, -0.05) is 45.0 Å². The molecule has 0 unspecified atom stereocenters. The number of hydrogen-bond acceptors (Lipinski definition) is 1. The lowest BCUT2D eigenvalue weighted by atomic mass is 10.1. The molecule has 0 atom stereocenters. The molecule has 0 saturated heterocycles. The van der Waals surface area contributed by atoms with E-state index in [0.717, 1.165) is 25.9 Å². The summed E-state index contributed by atoms with van der Waals surface area (Å²) in [7, 11) is 0. The summed E-state index contributed by atoms with van der Waals surface area (Å²) in [5, 5.41) is 3.14. The average molecular weight is 375 g/mol. The highest BCUT2D eigenvalue weighted by Gasteiger charge is 1.96. The van der Waals surface area contributed by atoms with Gasteiger partial charge < -0.3 is 11.1 Å². The van der Waals surface area contributed by atoms with Crippen LogP contribution in [0.15, 0.2) is 29.3 Å². The molecule has 108 valence electrons. The normalized spacial score (nSPS) is 11.3. The van der Waals surface area contributed by atoms with Crippen molar-refractivity contribution >= 4 is 29.9 Å². The fraction of sp³-hybridized carbons (Fsp3) is 0.533. The zero-order valence-electron chi connectivity index (χ0n) is 12.1. The number of aliphatic imine (C=N–C) groups is 1. The molecule has 19 heavy (non-hydrogen) atoms. The predicted octanol–water partition coefficient (Wildman–Crippen LogP) is 2.97. The highest BCUT2D eigenvalue weighted by Crippen LogP contribution is 2.05. The van der Waals surface area contributed by atoms with Crippen molar-refractivity contribution < 1.29 is 0 Å². The first-order valence-electron chi connectivity index (χ1n) is 6.73. The van der Waals surface area contributed by atoms with Crippen LogP contribution >= 0.6 is 24.0 Å². The Labute approximate surface area is 134 Å². The minimum atomic E-state index is 0. The van der Waals surface area contributed by atoms with E-state index in [2.05, 4.69) is 55.3 Å². The summed E-state index contributed by atoms with van der Waals surface area (Å²) < 4.78 is 0. The summed E-state index contributed by atoms with van der Waals surface area (Å²) in [6, 6.07) is 8.74. The molecular weight excluding hydrogens is 349 g/mol. The predicted molar refractivity (Wildman–Crippen MR) is 94.3 cm³/mol. The van der Waals surface area contributed by atoms with Crippen molar-refractivity contribution in [2.45, 2.75) is 33.6 Å². The number of nitrogens with zero attached hydrogens (tertiary/aromatic N) is 1. The highest BCUT2D eigenvalue weighted by atomic mass is 127. The molecule has 0 fully saturated rings. The van der Waals surface area contributed by atoms with Gasteiger partial charge in [-0.2, -0.15) is 0 Å². The summed E-state index contributed by atoms with van der Waals surface area (Å²) in [5.41, 5.74) is 8.48. The molecule has 0 aromatic heterocycles. The molecule has 0 spiro atoms. The second-order valence-electron chi connectivity index (χ2n) is 4.97. The monoisotopic (exact) mass is 375 g/mol. The van der Waals surface area contributed by atoms with Crippen molar-refractivity contribution in [3.8, 4) is 0 Å². The van der Waals surface area contributed by atoms with Crippen molar-refractivity contribution in [2.24, 2.45) is 16.6 Å². The minimum Gasteiger partial charge on any atom is -0.370 e. The molecule has 0 amide bonds. The first-order chi connectivity index (χ1) is 8.61. The molecule has 3 nitrogen and oxygen atoms in total. The van der Waals surface area contributed by atoms with Gasteiger partial charge in [-0.25, -0.2) is 0 Å². The van der Waals surface area contributed by atoms with Crippen LogP contribution in [0.2, 0.25) is 0 Å². The van der Waals surface area contributed by atoms with Crippen molar-refractivity contribution in [3.63, 3.8) is 0 Å². The standard InChI is InChI=1S/C15H25N3.HI/c1-4-13-5-7-14(8-6-13)9-10-17-15(16)18-11-12(2)3;/h5-8,12H,4,9-11H2,1-3H3,(H3,16,17,18);1H. The highest BCUT2D eigenvalue weighted by molar-refractivity contribution is 14.0. The molecule has 1 rings (SSSR count). The van der Waals surface area contributed by atoms with E-state index in [4.69, 9.17) is 5.73 Å². The lowest BCUT2D eigenvalue weighted by Gasteiger charge is -2.07. The van der Waals surface area contributed by atoms with Gasteiger partial charge in [0, 0.05) is 13.1 Å². The number of guanidine groups is 1. The van der Waals surface area contributed by atoms with E-state index in [1.54, 1.807) is 0 Å². The van der Waals surface area contributed by atoms with Crippen molar-refractivity contribution in [1.29, 1.82) is 0 Å². The lowest BCUT2D eigenvalue weighted by Crippen LogP contribution is -2.33. The van der Waals surface area contributed by atoms with Crippen LogP contribution in [-0.2, 0) is 12.8 Å². The van der Waals surface area contributed by atoms with Gasteiger partial charge in [-0.3, -0.25) is 4.99 Å². The van der Waals surface area contributed by atoms with Crippen molar-refractivity contribution in [3.05, 3.63) is 35.4 Å². The smallest absolute Gasteiger partial charge is 0.188 e. The zero-order valence-corrected chi connectivity index (χ0v) is 14.5. The summed E-state index contributed by atoms with van der Waals surface area (Å²) >= 11 is 0. The topological polar surface area (TPSA) is 50.4 Å². The molecule has 0 radical (unpaired) electrons. The zero-order chi connectivity index (χ0) is 13.4. The van der Waals surface area contributed by atoms with Crippen LogP contribution in [0.4, 0.5) is 0 Å². The molecule has 1 aromatic rings. The summed E-state index contributed by atoms with van der Waals surface area (Å²) in [6.45, 7) is 8.05. The first-order valence-corrected chi connectivity index (χ1v) is 6.73. The first kappa shape index (κ1) is 18.2. The summed E-state index contributed by atoms with van der Waals surface area (Å²) in [4.78, 5) is 4.27. The fourth-order valence-electron chi connectivity index (χ4n) is 1.61. The SMILES string of the molecule is CCc1ccc(CCNC(N)=NCC(C)C)cc1.I. The van der Waals surface area contributed by atoms with Gasteiger partial charge in [0.2, 0.25) is 0 Å². The molecule has 0 aliphatic carbocycles. The van der Waals surface area contributed by atoms with Crippen LogP contribution < -0.4 is 11.1 Å². The van der Waals surface area contributed by atoms with Gasteiger partial charge in [0.15, 0.2) is 5.96 Å². The van der Waals surface area contributed by atoms with E-state index in [1.165, 1.54) is 11.1 Å². The second kappa shape index (κ2) is 10.1. The number of aryl methyl sites for hydroxylation is 1. The van der Waals surface area contributed by atoms with Crippen LogP contribution in [0.5, 0.6) is 0 Å². The molecule has 4 heteroatoms. The molecule has 0 heterocycles. The maximum absolute atomic E-state index is 5.77. The maximum atomic E-state index is 5.77. The third-order valence-electron chi connectivity index (χ3n) is 2.78. The quantitative estimate of drug-likeness (QED) is 0.456. The Hall–Kier alpha value is -0.780. The molecule has 0 saturated carbocycles. The van der Waals surface area contributed by atoms with Gasteiger partial charge in [-0.05, 0) is 29.9 Å². The number of nitrogens with one attached hydrogen (secondary N) is 1. The largest absolute Gasteiger partial charge is 0.370 e. The molecule has 1 aromatic carbocycles. The van der Waals surface area contributed by atoms with Crippen LogP contribution in [0.3, 0.4) is 0 Å². The van der Waals surface area contributed by atoms with Gasteiger partial charge >= 0.3 is 0 Å². The van der Waals surface area contributed by atoms with Gasteiger partial charge in [-0.15, -0.1) is 24.0 Å². The molecular formula is C15H26IN3. The molecule has 3 N–H and O–H groups in total. The number of benzene rings is 1. The summed E-state index contributed by atoms with van der Waals surface area (Å²) in [5.74, 6) is 1.10. The van der Waals surface area contributed by atoms with Crippen LogP contribution in [-0.4, -0.2) is 19.0 Å². The van der Waals surface area contributed by atoms with Gasteiger partial charge in [0.1, 0.15) is 0 Å². The maximum Gasteiger partial charge on any atom is 0.188 e. The molecule has 0 bridgehead atoms. The van der Waals surface area contributed by atoms with E-state index in [9.17, 15) is 0 Å². The Kier molecular flexibility index (Phi) is 9.65. The van der Waals surface area contributed by atoms with Crippen LogP contribution in [0.1, 0.15) is 31.9 Å². The Balaban J connectivity index is 0.00000324. The Morgan fingerprint density at radius 2 is 1.79 bits per heavy atom. The number of hydrogen-bond donors (Lipinski definition) is 2. The molecule has 0 aliphatic heterocycles. The number of halogens is 1. The van der Waals surface area contributed by atoms with E-state index in [0.29, 0.717) is 11.9 Å². The number of rotatable bonds is 6. The number of nitrogens with two attached hydrogens (primary N) is 1. The van der Waals surface area contributed by atoms with Gasteiger partial charge in [0.05, 0.1) is 0 Å². The Morgan fingerprint density at radius 1 is 1.21 bits per heavy atom. The van der Waals surface area contributed by atoms with E-state index < -0.39 is 0 Å². The van der Waals surface area contributed by atoms with E-state index >= 15 is 0 Å². The third kappa shape index (κ3) is 8.08. The second-order valence-corrected chi connectivity index (χ2v) is 4.97. The molecule has 0 aliphatic rings. The van der Waals surface area contributed by atoms with Crippen LogP contribution in [0, 0.1) is 5.92 Å². The van der Waals surface area contributed by atoms with Crippen molar-refractivity contribution in [1.82, 2.24) is 5.32 Å². The van der Waals surface area contributed by atoms with Gasteiger partial charge in [0.25, 0.3) is 0 Å². The Bertz CT molecular complexity index is 371. The van der Waals surface area contributed by atoms with E-state index in [1.807, 2.05) is 0 Å². The average Bonchev–Trinajstić information content (AvgIpc) is 2.37. The lowest BCUT2D eigenvalue weighted by molar-refractivity contribution is 0.661. The van der Waals surface area contributed by atoms with E-state index in [-0.39, 0.29) is 24.0 Å². The van der Waals surface area contributed by atoms with Crippen LogP contribution in [0.25, 0.3) is 0 Å². The fourth-order valence-corrected chi connectivity index (χ4v) is 1.61. The summed E-state index contributed by atoms with van der Waals surface area (Å²) in [6.07, 6.45) is 2.06.